The highest BCUT2D eigenvalue weighted by atomic mass is 32.1. The number of nitrogens with zero attached hydrogens (tertiary/aromatic N) is 2. The van der Waals surface area contributed by atoms with Gasteiger partial charge in [0.2, 0.25) is 0 Å². The highest BCUT2D eigenvalue weighted by Crippen LogP contribution is 2.33. The minimum atomic E-state index is -0.164. The number of nitrogens with one attached hydrogen (secondary N) is 1. The van der Waals surface area contributed by atoms with Crippen molar-refractivity contribution in [2.75, 3.05) is 6.61 Å². The Morgan fingerprint density at radius 3 is 3.00 bits per heavy atom. The number of nitriles is 1. The second kappa shape index (κ2) is 8.63. The molecule has 0 spiro atoms. The van der Waals surface area contributed by atoms with E-state index in [1.54, 1.807) is 29.7 Å². The number of hydrogen-bond donors (Lipinski definition) is 1. The first-order chi connectivity index (χ1) is 12.7. The molecule has 6 heteroatoms. The number of thiophene rings is 1. The smallest absolute Gasteiger partial charge is 0.281 e. The average molecular weight is 367 g/mol. The van der Waals surface area contributed by atoms with Crippen molar-refractivity contribution >= 4 is 23.5 Å². The summed E-state index contributed by atoms with van der Waals surface area (Å²) in [5.74, 6) is 1.20. The van der Waals surface area contributed by atoms with Crippen molar-refractivity contribution in [1.82, 2.24) is 5.43 Å². The van der Waals surface area contributed by atoms with Crippen LogP contribution in [0, 0.1) is 17.2 Å². The number of rotatable bonds is 6. The lowest BCUT2D eigenvalue weighted by Crippen LogP contribution is -2.16. The van der Waals surface area contributed by atoms with Crippen molar-refractivity contribution in [2.45, 2.75) is 32.6 Å². The van der Waals surface area contributed by atoms with E-state index in [1.165, 1.54) is 23.3 Å². The molecule has 0 bridgehead atoms. The third-order valence-electron chi connectivity index (χ3n) is 4.55. The Morgan fingerprint density at radius 2 is 2.27 bits per heavy atom. The lowest BCUT2D eigenvalue weighted by molar-refractivity contribution is 0.0959. The van der Waals surface area contributed by atoms with Gasteiger partial charge in [0, 0.05) is 4.88 Å². The molecule has 1 N–H and O–H groups in total. The molecule has 2 aromatic rings. The number of benzene rings is 1. The van der Waals surface area contributed by atoms with Crippen LogP contribution in [0.5, 0.6) is 5.75 Å². The summed E-state index contributed by atoms with van der Waals surface area (Å²) >= 11 is 1.58. The molecule has 3 rings (SSSR count). The van der Waals surface area contributed by atoms with E-state index in [0.29, 0.717) is 5.75 Å². The second-order valence-corrected chi connectivity index (χ2v) is 7.43. The van der Waals surface area contributed by atoms with Crippen LogP contribution in [0.3, 0.4) is 0 Å². The molecule has 0 saturated heterocycles. The molecule has 1 amide bonds. The van der Waals surface area contributed by atoms with Crippen LogP contribution >= 0.6 is 11.3 Å². The quantitative estimate of drug-likeness (QED) is 0.621. The summed E-state index contributed by atoms with van der Waals surface area (Å²) in [5, 5.41) is 12.5. The largest absolute Gasteiger partial charge is 0.479 e. The van der Waals surface area contributed by atoms with Crippen molar-refractivity contribution in [3.8, 4) is 11.8 Å². The monoisotopic (exact) mass is 367 g/mol. The van der Waals surface area contributed by atoms with Gasteiger partial charge in [0.1, 0.15) is 11.8 Å². The van der Waals surface area contributed by atoms with Gasteiger partial charge < -0.3 is 4.74 Å². The highest BCUT2D eigenvalue weighted by Gasteiger charge is 2.21. The Hall–Kier alpha value is -2.65. The Bertz CT molecular complexity index is 834. The van der Waals surface area contributed by atoms with Crippen LogP contribution in [0.4, 0.5) is 0 Å². The number of aryl methyl sites for hydroxylation is 1. The first-order valence-corrected chi connectivity index (χ1v) is 9.56. The number of ether oxygens (including phenoxy) is 1. The predicted octanol–water partition coefficient (Wildman–Crippen LogP) is 3.93. The van der Waals surface area contributed by atoms with Gasteiger partial charge >= 0.3 is 0 Å². The first-order valence-electron chi connectivity index (χ1n) is 8.74. The van der Waals surface area contributed by atoms with Crippen LogP contribution in [0.25, 0.3) is 0 Å². The average Bonchev–Trinajstić information content (AvgIpc) is 3.10. The van der Waals surface area contributed by atoms with E-state index in [2.05, 4.69) is 17.5 Å². The maximum Gasteiger partial charge on any atom is 0.281 e. The van der Waals surface area contributed by atoms with Gasteiger partial charge in [-0.2, -0.15) is 10.4 Å². The van der Waals surface area contributed by atoms with Gasteiger partial charge in [0.05, 0.1) is 11.1 Å². The molecular formula is C20H21N3O2S. The van der Waals surface area contributed by atoms with E-state index in [-0.39, 0.29) is 12.5 Å². The lowest BCUT2D eigenvalue weighted by atomic mass is 9.87. The Balaban J connectivity index is 1.56. The van der Waals surface area contributed by atoms with Crippen LogP contribution in [-0.2, 0) is 12.8 Å². The van der Waals surface area contributed by atoms with E-state index >= 15 is 0 Å². The summed E-state index contributed by atoms with van der Waals surface area (Å²) in [6, 6.07) is 11.1. The zero-order valence-electron chi connectivity index (χ0n) is 14.7. The minimum absolute atomic E-state index is 0.0211. The van der Waals surface area contributed by atoms with Crippen LogP contribution in [0.15, 0.2) is 35.4 Å². The zero-order valence-corrected chi connectivity index (χ0v) is 15.5. The van der Waals surface area contributed by atoms with Crippen molar-refractivity contribution in [3.05, 3.63) is 51.2 Å². The number of hydrogen-bond acceptors (Lipinski definition) is 5. The SMILES string of the molecule is CC[C@H]1CCc2sc(C(=O)N/N=C\c3ccc(OCC#N)cc3)cc2C1. The molecule has 1 heterocycles. The molecule has 0 unspecified atom stereocenters. The van der Waals surface area contributed by atoms with Crippen LogP contribution in [0.2, 0.25) is 0 Å². The summed E-state index contributed by atoms with van der Waals surface area (Å²) in [4.78, 5) is 14.4. The summed E-state index contributed by atoms with van der Waals surface area (Å²) in [6.07, 6.45) is 6.17. The molecule has 1 atom stereocenters. The summed E-state index contributed by atoms with van der Waals surface area (Å²) in [7, 11) is 0. The molecule has 0 fully saturated rings. The molecule has 1 aromatic heterocycles. The molecule has 26 heavy (non-hydrogen) atoms. The molecule has 0 saturated carbocycles. The van der Waals surface area contributed by atoms with E-state index < -0.39 is 0 Å². The van der Waals surface area contributed by atoms with Crippen molar-refractivity contribution in [3.63, 3.8) is 0 Å². The standard InChI is InChI=1S/C20H21N3O2S/c1-2-14-5-8-18-16(11-14)12-19(26-18)20(24)23-22-13-15-3-6-17(7-4-15)25-10-9-21/h3-4,6-7,12-14H,2,5,8,10-11H2,1H3,(H,23,24)/b22-13-/t14-/m0/s1. The topological polar surface area (TPSA) is 74.5 Å². The molecule has 1 aromatic carbocycles. The third-order valence-corrected chi connectivity index (χ3v) is 5.79. The van der Waals surface area contributed by atoms with Gasteiger partial charge in [-0.25, -0.2) is 5.43 Å². The van der Waals surface area contributed by atoms with Crippen molar-refractivity contribution < 1.29 is 9.53 Å². The Morgan fingerprint density at radius 1 is 1.46 bits per heavy atom. The number of hydrazone groups is 1. The molecule has 0 aliphatic heterocycles. The van der Waals surface area contributed by atoms with Gasteiger partial charge in [-0.1, -0.05) is 13.3 Å². The molecule has 0 radical (unpaired) electrons. The third kappa shape index (κ3) is 4.50. The first kappa shape index (κ1) is 18.2. The highest BCUT2D eigenvalue weighted by molar-refractivity contribution is 7.14. The predicted molar refractivity (Wildman–Crippen MR) is 103 cm³/mol. The summed E-state index contributed by atoms with van der Waals surface area (Å²) < 4.78 is 5.19. The number of fused-ring (bicyclic) bond motifs is 1. The normalized spacial score (nSPS) is 16.1. The molecular weight excluding hydrogens is 346 g/mol. The number of amides is 1. The van der Waals surface area contributed by atoms with Gasteiger partial charge in [-0.3, -0.25) is 4.79 Å². The van der Waals surface area contributed by atoms with Crippen LogP contribution in [-0.4, -0.2) is 18.7 Å². The van der Waals surface area contributed by atoms with Crippen molar-refractivity contribution in [2.24, 2.45) is 11.0 Å². The van der Waals surface area contributed by atoms with E-state index in [4.69, 9.17) is 10.00 Å². The molecule has 134 valence electrons. The van der Waals surface area contributed by atoms with E-state index in [1.807, 2.05) is 24.3 Å². The van der Waals surface area contributed by atoms with E-state index in [9.17, 15) is 4.79 Å². The van der Waals surface area contributed by atoms with Gasteiger partial charge in [-0.15, -0.1) is 11.3 Å². The molecule has 5 nitrogen and oxygen atoms in total. The summed E-state index contributed by atoms with van der Waals surface area (Å²) in [5.41, 5.74) is 4.76. The zero-order chi connectivity index (χ0) is 18.4. The molecule has 1 aliphatic carbocycles. The maximum atomic E-state index is 12.3. The Labute approximate surface area is 157 Å². The fourth-order valence-electron chi connectivity index (χ4n) is 3.05. The van der Waals surface area contributed by atoms with E-state index in [0.717, 1.165) is 29.2 Å². The summed E-state index contributed by atoms with van der Waals surface area (Å²) in [6.45, 7) is 2.25. The Kier molecular flexibility index (Phi) is 6.03. The second-order valence-electron chi connectivity index (χ2n) is 6.29. The van der Waals surface area contributed by atoms with Gasteiger partial charge in [0.15, 0.2) is 6.61 Å². The van der Waals surface area contributed by atoms with Crippen molar-refractivity contribution in [1.29, 1.82) is 5.26 Å². The molecule has 1 aliphatic rings. The van der Waals surface area contributed by atoms with Gasteiger partial charge in [0.25, 0.3) is 5.91 Å². The number of carbonyl (C=O) groups excluding carboxylic acids is 1. The van der Waals surface area contributed by atoms with Crippen LogP contribution in [0.1, 0.15) is 45.4 Å². The fraction of sp³-hybridized carbons (Fsp3) is 0.350. The maximum absolute atomic E-state index is 12.3. The van der Waals surface area contributed by atoms with Gasteiger partial charge in [-0.05, 0) is 66.6 Å². The van der Waals surface area contributed by atoms with Crippen LogP contribution < -0.4 is 10.2 Å². The minimum Gasteiger partial charge on any atom is -0.479 e. The lowest BCUT2D eigenvalue weighted by Gasteiger charge is -2.19. The fourth-order valence-corrected chi connectivity index (χ4v) is 4.14. The number of carbonyl (C=O) groups is 1.